The molecule has 2 fully saturated rings. The lowest BCUT2D eigenvalue weighted by atomic mass is 9.47. The number of hydrogen-bond acceptors (Lipinski definition) is 2. The van der Waals surface area contributed by atoms with Gasteiger partial charge in [-0.25, -0.2) is 0 Å². The number of allylic oxidation sites excluding steroid dienone is 3. The Bertz CT molecular complexity index is 811. The third kappa shape index (κ3) is 2.60. The fraction of sp³-hybridized carbons (Fsp3) is 0.654. The van der Waals surface area contributed by atoms with Crippen molar-refractivity contribution < 1.29 is 5.11 Å². The number of fused-ring (bicyclic) bond motifs is 5. The molecule has 1 N–H and O–H groups in total. The molecule has 0 aliphatic heterocycles. The second-order valence-electron chi connectivity index (χ2n) is 10.5. The smallest absolute Gasteiger partial charge is 0.0577 e. The predicted molar refractivity (Wildman–Crippen MR) is 114 cm³/mol. The number of hydrogen-bond donors (Lipinski definition) is 1. The SMILES string of the molecule is CC(C1=CC[C@H]2[C@@H]3CC=C4CC(O)CC[C@]4(C)[C@H]3CC[C@]12C)c1cccnc1. The van der Waals surface area contributed by atoms with Gasteiger partial charge in [-0.1, -0.05) is 50.1 Å². The summed E-state index contributed by atoms with van der Waals surface area (Å²) in [7, 11) is 0. The number of rotatable bonds is 2. The van der Waals surface area contributed by atoms with E-state index in [0.717, 1.165) is 30.6 Å². The molecule has 0 spiro atoms. The highest BCUT2D eigenvalue weighted by atomic mass is 16.3. The van der Waals surface area contributed by atoms with E-state index in [1.165, 1.54) is 37.7 Å². The third-order valence-corrected chi connectivity index (χ3v) is 9.37. The normalized spacial score (nSPS) is 43.3. The number of nitrogens with zero attached hydrogens (tertiary/aromatic N) is 1. The zero-order valence-corrected chi connectivity index (χ0v) is 17.7. The molecule has 0 radical (unpaired) electrons. The van der Waals surface area contributed by atoms with Crippen LogP contribution in [0.4, 0.5) is 0 Å². The first-order valence-electron chi connectivity index (χ1n) is 11.4. The summed E-state index contributed by atoms with van der Waals surface area (Å²) in [6.07, 6.45) is 17.2. The van der Waals surface area contributed by atoms with E-state index in [1.54, 1.807) is 11.1 Å². The zero-order chi connectivity index (χ0) is 19.5. The molecule has 4 aliphatic carbocycles. The van der Waals surface area contributed by atoms with Crippen LogP contribution in [0, 0.1) is 28.6 Å². The van der Waals surface area contributed by atoms with Crippen molar-refractivity contribution in [1.29, 1.82) is 0 Å². The molecule has 1 aromatic rings. The Morgan fingerprint density at radius 2 is 1.89 bits per heavy atom. The molecule has 2 nitrogen and oxygen atoms in total. The van der Waals surface area contributed by atoms with Crippen LogP contribution in [0.1, 0.15) is 77.2 Å². The minimum Gasteiger partial charge on any atom is -0.393 e. The largest absolute Gasteiger partial charge is 0.393 e. The van der Waals surface area contributed by atoms with Gasteiger partial charge in [-0.3, -0.25) is 4.98 Å². The molecule has 2 unspecified atom stereocenters. The molecule has 0 amide bonds. The molecule has 0 aromatic carbocycles. The van der Waals surface area contributed by atoms with Gasteiger partial charge >= 0.3 is 0 Å². The summed E-state index contributed by atoms with van der Waals surface area (Å²) in [5, 5.41) is 10.2. The first-order chi connectivity index (χ1) is 13.4. The molecule has 4 aliphatic rings. The summed E-state index contributed by atoms with van der Waals surface area (Å²) >= 11 is 0. The van der Waals surface area contributed by atoms with E-state index in [-0.39, 0.29) is 6.10 Å². The quantitative estimate of drug-likeness (QED) is 0.637. The van der Waals surface area contributed by atoms with Crippen LogP contribution in [0.25, 0.3) is 0 Å². The lowest BCUT2D eigenvalue weighted by Gasteiger charge is -2.58. The Balaban J connectivity index is 1.44. The fourth-order valence-corrected chi connectivity index (χ4v) is 7.73. The number of aromatic nitrogens is 1. The molecule has 5 rings (SSSR count). The van der Waals surface area contributed by atoms with Crippen LogP contribution in [-0.4, -0.2) is 16.2 Å². The van der Waals surface area contributed by atoms with Crippen molar-refractivity contribution in [2.24, 2.45) is 28.6 Å². The summed E-state index contributed by atoms with van der Waals surface area (Å²) in [6.45, 7) is 7.46. The first-order valence-corrected chi connectivity index (χ1v) is 11.4. The predicted octanol–water partition coefficient (Wildman–Crippen LogP) is 6.05. The summed E-state index contributed by atoms with van der Waals surface area (Å²) < 4.78 is 0. The maximum Gasteiger partial charge on any atom is 0.0577 e. The summed E-state index contributed by atoms with van der Waals surface area (Å²) in [5.41, 5.74) is 5.28. The molecule has 0 saturated heterocycles. The average molecular weight is 378 g/mol. The molecule has 1 heterocycles. The van der Waals surface area contributed by atoms with Crippen molar-refractivity contribution in [3.05, 3.63) is 53.4 Å². The van der Waals surface area contributed by atoms with Gasteiger partial charge in [0.2, 0.25) is 0 Å². The van der Waals surface area contributed by atoms with E-state index in [2.05, 4.69) is 56.2 Å². The summed E-state index contributed by atoms with van der Waals surface area (Å²) in [6, 6.07) is 4.31. The van der Waals surface area contributed by atoms with Crippen LogP contribution in [0.3, 0.4) is 0 Å². The van der Waals surface area contributed by atoms with E-state index < -0.39 is 0 Å². The number of pyridine rings is 1. The van der Waals surface area contributed by atoms with Crippen molar-refractivity contribution in [3.8, 4) is 0 Å². The summed E-state index contributed by atoms with van der Waals surface area (Å²) in [4.78, 5) is 4.37. The van der Waals surface area contributed by atoms with Gasteiger partial charge in [0.25, 0.3) is 0 Å². The van der Waals surface area contributed by atoms with E-state index in [1.807, 2.05) is 6.20 Å². The Labute approximate surface area is 170 Å². The van der Waals surface area contributed by atoms with Crippen LogP contribution < -0.4 is 0 Å². The van der Waals surface area contributed by atoms with Crippen molar-refractivity contribution >= 4 is 0 Å². The van der Waals surface area contributed by atoms with Gasteiger partial charge in [-0.15, -0.1) is 0 Å². The average Bonchev–Trinajstić information content (AvgIpc) is 3.06. The van der Waals surface area contributed by atoms with Crippen molar-refractivity contribution in [1.82, 2.24) is 4.98 Å². The highest BCUT2D eigenvalue weighted by Crippen LogP contribution is 2.66. The Morgan fingerprint density at radius 1 is 1.07 bits per heavy atom. The number of aliphatic hydroxyl groups excluding tert-OH is 1. The van der Waals surface area contributed by atoms with Crippen LogP contribution in [0.2, 0.25) is 0 Å². The Hall–Kier alpha value is -1.41. The second-order valence-corrected chi connectivity index (χ2v) is 10.5. The van der Waals surface area contributed by atoms with E-state index in [4.69, 9.17) is 0 Å². The maximum absolute atomic E-state index is 10.2. The lowest BCUT2D eigenvalue weighted by Crippen LogP contribution is -2.50. The van der Waals surface area contributed by atoms with Gasteiger partial charge in [0.15, 0.2) is 0 Å². The van der Waals surface area contributed by atoms with Crippen LogP contribution in [0.15, 0.2) is 47.8 Å². The third-order valence-electron chi connectivity index (χ3n) is 9.37. The van der Waals surface area contributed by atoms with Crippen molar-refractivity contribution in [3.63, 3.8) is 0 Å². The van der Waals surface area contributed by atoms with Gasteiger partial charge in [-0.2, -0.15) is 0 Å². The molecule has 0 bridgehead atoms. The highest BCUT2D eigenvalue weighted by Gasteiger charge is 2.57. The Kier molecular flexibility index (Phi) is 4.36. The van der Waals surface area contributed by atoms with Gasteiger partial charge in [0.1, 0.15) is 0 Å². The van der Waals surface area contributed by atoms with Gasteiger partial charge in [-0.05, 0) is 85.2 Å². The number of aliphatic hydroxyl groups is 1. The second kappa shape index (κ2) is 6.55. The first kappa shape index (κ1) is 18.6. The van der Waals surface area contributed by atoms with Crippen LogP contribution in [-0.2, 0) is 0 Å². The van der Waals surface area contributed by atoms with Crippen molar-refractivity contribution in [2.45, 2.75) is 77.7 Å². The van der Waals surface area contributed by atoms with Crippen molar-refractivity contribution in [2.75, 3.05) is 0 Å². The lowest BCUT2D eigenvalue weighted by molar-refractivity contribution is -0.0305. The van der Waals surface area contributed by atoms with Gasteiger partial charge in [0.05, 0.1) is 6.10 Å². The molecule has 2 saturated carbocycles. The minimum atomic E-state index is -0.107. The molecular formula is C26H35NO. The topological polar surface area (TPSA) is 33.1 Å². The van der Waals surface area contributed by atoms with E-state index >= 15 is 0 Å². The standard InChI is InChI=1S/C26H35NO/c1-17(18-5-4-14-27-16-18)22-8-9-23-21-7-6-19-15-20(28)10-12-25(19,2)24(21)11-13-26(22,23)3/h4-6,8,14,16-17,20-21,23-24,28H,7,9-13,15H2,1-3H3/t17?,20?,21-,23-,24-,25-,26+/m0/s1. The monoisotopic (exact) mass is 377 g/mol. The van der Waals surface area contributed by atoms with E-state index in [9.17, 15) is 5.11 Å². The van der Waals surface area contributed by atoms with Crippen LogP contribution >= 0.6 is 0 Å². The molecule has 150 valence electrons. The summed E-state index contributed by atoms with van der Waals surface area (Å²) in [5.74, 6) is 2.86. The van der Waals surface area contributed by atoms with Gasteiger partial charge in [0, 0.05) is 18.3 Å². The molecule has 1 aromatic heterocycles. The maximum atomic E-state index is 10.2. The molecule has 7 atom stereocenters. The molecular weight excluding hydrogens is 342 g/mol. The minimum absolute atomic E-state index is 0.107. The van der Waals surface area contributed by atoms with E-state index in [0.29, 0.717) is 16.7 Å². The molecule has 28 heavy (non-hydrogen) atoms. The van der Waals surface area contributed by atoms with Crippen LogP contribution in [0.5, 0.6) is 0 Å². The highest BCUT2D eigenvalue weighted by molar-refractivity contribution is 5.36. The van der Waals surface area contributed by atoms with Gasteiger partial charge < -0.3 is 5.11 Å². The fourth-order valence-electron chi connectivity index (χ4n) is 7.73. The Morgan fingerprint density at radius 3 is 2.68 bits per heavy atom. The zero-order valence-electron chi connectivity index (χ0n) is 17.7. The molecule has 2 heteroatoms.